The second-order valence-electron chi connectivity index (χ2n) is 4.55. The summed E-state index contributed by atoms with van der Waals surface area (Å²) >= 11 is 7.83. The topological polar surface area (TPSA) is 3.24 Å². The van der Waals surface area contributed by atoms with Crippen LogP contribution < -0.4 is 0 Å². The van der Waals surface area contributed by atoms with Gasteiger partial charge in [0.25, 0.3) is 0 Å². The zero-order chi connectivity index (χ0) is 11.8. The molecule has 1 aliphatic heterocycles. The molecule has 3 heteroatoms. The molecule has 88 valence electrons. The molecule has 0 aliphatic carbocycles. The summed E-state index contributed by atoms with van der Waals surface area (Å²) in [6.07, 6.45) is 1.18. The van der Waals surface area contributed by atoms with E-state index < -0.39 is 0 Å². The lowest BCUT2D eigenvalue weighted by Crippen LogP contribution is -2.24. The Bertz CT molecular complexity index is 530. The van der Waals surface area contributed by atoms with Crippen LogP contribution in [0.3, 0.4) is 0 Å². The first-order valence-corrected chi connectivity index (χ1v) is 6.98. The Kier molecular flexibility index (Phi) is 2.95. The Labute approximate surface area is 111 Å². The monoisotopic (exact) mass is 263 g/mol. The molecular formula is C14H14ClNS. The van der Waals surface area contributed by atoms with Crippen molar-refractivity contribution in [2.45, 2.75) is 13.0 Å². The Balaban J connectivity index is 1.97. The number of benzene rings is 1. The van der Waals surface area contributed by atoms with Gasteiger partial charge in [-0.3, -0.25) is 0 Å². The van der Waals surface area contributed by atoms with Crippen molar-refractivity contribution in [3.05, 3.63) is 45.8 Å². The van der Waals surface area contributed by atoms with Crippen molar-refractivity contribution in [1.82, 2.24) is 4.90 Å². The van der Waals surface area contributed by atoms with Gasteiger partial charge >= 0.3 is 0 Å². The Hall–Kier alpha value is -0.830. The SMILES string of the molecule is CN1CCc2cc(-c3ccc(Cl)cc3)sc2C1. The molecule has 1 aromatic heterocycles. The highest BCUT2D eigenvalue weighted by Crippen LogP contribution is 2.34. The van der Waals surface area contributed by atoms with Crippen LogP contribution in [0.25, 0.3) is 10.4 Å². The number of likely N-dealkylation sites (N-methyl/N-ethyl adjacent to an activating group) is 1. The van der Waals surface area contributed by atoms with E-state index >= 15 is 0 Å². The van der Waals surface area contributed by atoms with Crippen molar-refractivity contribution in [3.8, 4) is 10.4 Å². The fraction of sp³-hybridized carbons (Fsp3) is 0.286. The van der Waals surface area contributed by atoms with Crippen LogP contribution in [0.4, 0.5) is 0 Å². The van der Waals surface area contributed by atoms with E-state index in [9.17, 15) is 0 Å². The smallest absolute Gasteiger partial charge is 0.0406 e. The van der Waals surface area contributed by atoms with Gasteiger partial charge in [-0.1, -0.05) is 23.7 Å². The maximum atomic E-state index is 5.92. The largest absolute Gasteiger partial charge is 0.301 e. The van der Waals surface area contributed by atoms with Crippen LogP contribution in [0.2, 0.25) is 5.02 Å². The molecule has 17 heavy (non-hydrogen) atoms. The van der Waals surface area contributed by atoms with Crippen LogP contribution in [-0.2, 0) is 13.0 Å². The molecule has 0 saturated heterocycles. The van der Waals surface area contributed by atoms with Gasteiger partial charge in [0, 0.05) is 27.9 Å². The normalized spacial score (nSPS) is 15.9. The molecule has 0 bridgehead atoms. The Morgan fingerprint density at radius 3 is 2.76 bits per heavy atom. The van der Waals surface area contributed by atoms with Crippen molar-refractivity contribution in [2.24, 2.45) is 0 Å². The van der Waals surface area contributed by atoms with Crippen molar-refractivity contribution in [3.63, 3.8) is 0 Å². The second kappa shape index (κ2) is 4.45. The lowest BCUT2D eigenvalue weighted by molar-refractivity contribution is 0.317. The molecule has 1 aliphatic rings. The van der Waals surface area contributed by atoms with Crippen molar-refractivity contribution in [2.75, 3.05) is 13.6 Å². The van der Waals surface area contributed by atoms with Gasteiger partial charge in [0.05, 0.1) is 0 Å². The minimum absolute atomic E-state index is 0.801. The fourth-order valence-corrected chi connectivity index (χ4v) is 3.63. The summed E-state index contributed by atoms with van der Waals surface area (Å²) in [5, 5.41) is 0.801. The average Bonchev–Trinajstić information content (AvgIpc) is 2.72. The Morgan fingerprint density at radius 2 is 2.00 bits per heavy atom. The number of thiophene rings is 1. The van der Waals surface area contributed by atoms with Gasteiger partial charge in [-0.25, -0.2) is 0 Å². The third-order valence-corrected chi connectivity index (χ3v) is 4.66. The molecule has 0 N–H and O–H groups in total. The molecule has 2 heterocycles. The van der Waals surface area contributed by atoms with Gasteiger partial charge in [-0.15, -0.1) is 11.3 Å². The summed E-state index contributed by atoms with van der Waals surface area (Å²) in [7, 11) is 2.19. The minimum atomic E-state index is 0.801. The van der Waals surface area contributed by atoms with E-state index in [0.717, 1.165) is 11.6 Å². The number of hydrogen-bond acceptors (Lipinski definition) is 2. The molecule has 0 unspecified atom stereocenters. The molecule has 1 aromatic carbocycles. The lowest BCUT2D eigenvalue weighted by atomic mass is 10.1. The molecule has 0 radical (unpaired) electrons. The third-order valence-electron chi connectivity index (χ3n) is 3.20. The van der Waals surface area contributed by atoms with Crippen LogP contribution >= 0.6 is 22.9 Å². The van der Waals surface area contributed by atoms with E-state index in [4.69, 9.17) is 11.6 Å². The van der Waals surface area contributed by atoms with E-state index in [2.05, 4.69) is 30.1 Å². The Morgan fingerprint density at radius 1 is 1.24 bits per heavy atom. The summed E-state index contributed by atoms with van der Waals surface area (Å²) < 4.78 is 0. The minimum Gasteiger partial charge on any atom is -0.301 e. The summed E-state index contributed by atoms with van der Waals surface area (Å²) in [6.45, 7) is 2.26. The van der Waals surface area contributed by atoms with E-state index in [0.29, 0.717) is 0 Å². The van der Waals surface area contributed by atoms with Gasteiger partial charge in [0.15, 0.2) is 0 Å². The number of hydrogen-bond donors (Lipinski definition) is 0. The van der Waals surface area contributed by atoms with E-state index in [1.54, 1.807) is 0 Å². The van der Waals surface area contributed by atoms with Crippen LogP contribution in [-0.4, -0.2) is 18.5 Å². The van der Waals surface area contributed by atoms with Crippen molar-refractivity contribution in [1.29, 1.82) is 0 Å². The number of nitrogens with zero attached hydrogens (tertiary/aromatic N) is 1. The molecule has 0 atom stereocenters. The highest BCUT2D eigenvalue weighted by atomic mass is 35.5. The third kappa shape index (κ3) is 2.25. The lowest BCUT2D eigenvalue weighted by Gasteiger charge is -2.21. The zero-order valence-corrected chi connectivity index (χ0v) is 11.3. The van der Waals surface area contributed by atoms with Gasteiger partial charge < -0.3 is 4.90 Å². The summed E-state index contributed by atoms with van der Waals surface area (Å²) in [5.74, 6) is 0. The number of halogens is 1. The van der Waals surface area contributed by atoms with Gasteiger partial charge in [-0.05, 0) is 42.8 Å². The summed E-state index contributed by atoms with van der Waals surface area (Å²) in [6, 6.07) is 10.5. The standard InChI is InChI=1S/C14H14ClNS/c1-16-7-6-11-8-13(17-14(11)9-16)10-2-4-12(15)5-3-10/h2-5,8H,6-7,9H2,1H3. The van der Waals surface area contributed by atoms with Crippen LogP contribution in [0.15, 0.2) is 30.3 Å². The van der Waals surface area contributed by atoms with E-state index in [1.165, 1.54) is 33.8 Å². The van der Waals surface area contributed by atoms with E-state index in [1.807, 2.05) is 23.5 Å². The van der Waals surface area contributed by atoms with Crippen molar-refractivity contribution >= 4 is 22.9 Å². The maximum absolute atomic E-state index is 5.92. The summed E-state index contributed by atoms with van der Waals surface area (Å²) in [4.78, 5) is 5.26. The first-order chi connectivity index (χ1) is 8.22. The average molecular weight is 264 g/mol. The summed E-state index contributed by atoms with van der Waals surface area (Å²) in [5.41, 5.74) is 2.80. The molecule has 0 fully saturated rings. The molecule has 3 rings (SSSR count). The molecule has 0 amide bonds. The fourth-order valence-electron chi connectivity index (χ4n) is 2.20. The van der Waals surface area contributed by atoms with Crippen LogP contribution in [0, 0.1) is 0 Å². The quantitative estimate of drug-likeness (QED) is 0.750. The zero-order valence-electron chi connectivity index (χ0n) is 9.74. The number of fused-ring (bicyclic) bond motifs is 1. The molecule has 2 aromatic rings. The molecule has 1 nitrogen and oxygen atoms in total. The number of rotatable bonds is 1. The van der Waals surface area contributed by atoms with E-state index in [-0.39, 0.29) is 0 Å². The first kappa shape index (κ1) is 11.3. The second-order valence-corrected chi connectivity index (χ2v) is 6.13. The molecule has 0 saturated carbocycles. The van der Waals surface area contributed by atoms with Crippen LogP contribution in [0.1, 0.15) is 10.4 Å². The van der Waals surface area contributed by atoms with Gasteiger partial charge in [-0.2, -0.15) is 0 Å². The molecule has 0 spiro atoms. The predicted molar refractivity (Wildman–Crippen MR) is 74.8 cm³/mol. The van der Waals surface area contributed by atoms with Crippen molar-refractivity contribution < 1.29 is 0 Å². The van der Waals surface area contributed by atoms with Gasteiger partial charge in [0.1, 0.15) is 0 Å². The molecular weight excluding hydrogens is 250 g/mol. The van der Waals surface area contributed by atoms with Crippen LogP contribution in [0.5, 0.6) is 0 Å². The first-order valence-electron chi connectivity index (χ1n) is 5.78. The highest BCUT2D eigenvalue weighted by Gasteiger charge is 2.16. The highest BCUT2D eigenvalue weighted by molar-refractivity contribution is 7.15. The van der Waals surface area contributed by atoms with Gasteiger partial charge in [0.2, 0.25) is 0 Å². The maximum Gasteiger partial charge on any atom is 0.0406 e. The predicted octanol–water partition coefficient (Wildman–Crippen LogP) is 4.06.